The topological polar surface area (TPSA) is 61.8 Å². The molecule has 0 amide bonds. The van der Waals surface area contributed by atoms with Gasteiger partial charge in [-0.25, -0.2) is 0 Å². The molecule has 0 aromatic carbocycles. The first kappa shape index (κ1) is 10.3. The first-order valence-corrected chi connectivity index (χ1v) is 4.91. The molecule has 0 aromatic rings. The van der Waals surface area contributed by atoms with E-state index in [0.717, 1.165) is 12.6 Å². The Bertz CT molecular complexity index is 189. The van der Waals surface area contributed by atoms with Gasteiger partial charge in [0.15, 0.2) is 0 Å². The molecule has 0 aliphatic heterocycles. The zero-order chi connectivity index (χ0) is 9.84. The molecule has 4 heteroatoms. The quantitative estimate of drug-likeness (QED) is 0.291. The van der Waals surface area contributed by atoms with E-state index < -0.39 is 0 Å². The van der Waals surface area contributed by atoms with E-state index in [0.29, 0.717) is 18.3 Å². The van der Waals surface area contributed by atoms with E-state index in [1.807, 2.05) is 0 Å². The summed E-state index contributed by atoms with van der Waals surface area (Å²) in [6.07, 6.45) is 3.25. The molecule has 1 atom stereocenters. The fraction of sp³-hybridized carbons (Fsp3) is 0.889. The normalized spacial score (nSPS) is 20.7. The Kier molecular flexibility index (Phi) is 3.54. The van der Waals surface area contributed by atoms with Crippen molar-refractivity contribution in [3.63, 3.8) is 0 Å². The Labute approximate surface area is 79.4 Å². The van der Waals surface area contributed by atoms with Gasteiger partial charge in [0.2, 0.25) is 0 Å². The van der Waals surface area contributed by atoms with E-state index in [1.165, 1.54) is 12.8 Å². The summed E-state index contributed by atoms with van der Waals surface area (Å²) >= 11 is 0. The van der Waals surface area contributed by atoms with Crippen LogP contribution < -0.4 is 5.73 Å². The van der Waals surface area contributed by atoms with Gasteiger partial charge in [0.25, 0.3) is 0 Å². The Morgan fingerprint density at radius 2 is 2.31 bits per heavy atom. The van der Waals surface area contributed by atoms with Crippen molar-refractivity contribution in [1.29, 1.82) is 0 Å². The number of amidine groups is 1. The molecule has 1 fully saturated rings. The molecule has 0 bridgehead atoms. The molecular weight excluding hydrogens is 166 g/mol. The lowest BCUT2D eigenvalue weighted by Gasteiger charge is -2.27. The van der Waals surface area contributed by atoms with Crippen LogP contribution in [0.15, 0.2) is 5.16 Å². The minimum atomic E-state index is 0.326. The molecule has 1 aliphatic carbocycles. The average molecular weight is 185 g/mol. The van der Waals surface area contributed by atoms with Crippen LogP contribution >= 0.6 is 0 Å². The van der Waals surface area contributed by atoms with E-state index >= 15 is 0 Å². The molecule has 1 unspecified atom stereocenters. The Hall–Kier alpha value is -0.770. The molecule has 1 saturated carbocycles. The van der Waals surface area contributed by atoms with Crippen LogP contribution in [0, 0.1) is 0 Å². The maximum Gasteiger partial charge on any atom is 0.140 e. The lowest BCUT2D eigenvalue weighted by Crippen LogP contribution is -2.37. The van der Waals surface area contributed by atoms with E-state index in [2.05, 4.69) is 23.9 Å². The van der Waals surface area contributed by atoms with Crippen molar-refractivity contribution in [3.05, 3.63) is 0 Å². The monoisotopic (exact) mass is 185 g/mol. The first-order chi connectivity index (χ1) is 6.19. The molecule has 0 heterocycles. The molecule has 4 nitrogen and oxygen atoms in total. The molecule has 3 N–H and O–H groups in total. The van der Waals surface area contributed by atoms with Crippen molar-refractivity contribution < 1.29 is 5.21 Å². The van der Waals surface area contributed by atoms with Crippen molar-refractivity contribution in [2.45, 2.75) is 45.2 Å². The van der Waals surface area contributed by atoms with Crippen LogP contribution in [-0.4, -0.2) is 34.6 Å². The largest absolute Gasteiger partial charge is 0.409 e. The smallest absolute Gasteiger partial charge is 0.140 e. The second kappa shape index (κ2) is 4.46. The molecule has 0 radical (unpaired) electrons. The van der Waals surface area contributed by atoms with Crippen molar-refractivity contribution in [3.8, 4) is 0 Å². The van der Waals surface area contributed by atoms with Crippen LogP contribution in [0.2, 0.25) is 0 Å². The van der Waals surface area contributed by atoms with Crippen LogP contribution in [0.1, 0.15) is 33.1 Å². The van der Waals surface area contributed by atoms with Gasteiger partial charge < -0.3 is 10.9 Å². The summed E-state index contributed by atoms with van der Waals surface area (Å²) in [5.41, 5.74) is 5.46. The van der Waals surface area contributed by atoms with Gasteiger partial charge in [-0.15, -0.1) is 0 Å². The number of rotatable bonds is 5. The number of oxime groups is 1. The molecular formula is C9H19N3O. The van der Waals surface area contributed by atoms with Crippen LogP contribution in [0.3, 0.4) is 0 Å². The number of nitrogens with zero attached hydrogens (tertiary/aromatic N) is 2. The second-order valence-corrected chi connectivity index (χ2v) is 3.71. The summed E-state index contributed by atoms with van der Waals surface area (Å²) in [5.74, 6) is 0.326. The van der Waals surface area contributed by atoms with Crippen molar-refractivity contribution in [2.75, 3.05) is 6.54 Å². The average Bonchev–Trinajstić information content (AvgIpc) is 2.89. The highest BCUT2D eigenvalue weighted by Crippen LogP contribution is 2.28. The molecule has 76 valence electrons. The molecule has 13 heavy (non-hydrogen) atoms. The second-order valence-electron chi connectivity index (χ2n) is 3.71. The van der Waals surface area contributed by atoms with Gasteiger partial charge in [-0.2, -0.15) is 0 Å². The minimum absolute atomic E-state index is 0.326. The van der Waals surface area contributed by atoms with Gasteiger partial charge in [0.05, 0.1) is 0 Å². The predicted octanol–water partition coefficient (Wildman–Crippen LogP) is 0.996. The Balaban J connectivity index is 2.39. The fourth-order valence-corrected chi connectivity index (χ4v) is 1.80. The van der Waals surface area contributed by atoms with Crippen molar-refractivity contribution in [2.24, 2.45) is 10.9 Å². The zero-order valence-corrected chi connectivity index (χ0v) is 8.40. The Morgan fingerprint density at radius 3 is 2.69 bits per heavy atom. The van der Waals surface area contributed by atoms with Gasteiger partial charge in [0, 0.05) is 18.5 Å². The highest BCUT2D eigenvalue weighted by Gasteiger charge is 2.31. The molecule has 1 rings (SSSR count). The summed E-state index contributed by atoms with van der Waals surface area (Å²) in [6.45, 7) is 5.32. The molecule has 1 aliphatic rings. The van der Waals surface area contributed by atoms with Gasteiger partial charge in [-0.3, -0.25) is 4.90 Å². The van der Waals surface area contributed by atoms with E-state index in [9.17, 15) is 0 Å². The van der Waals surface area contributed by atoms with Gasteiger partial charge >= 0.3 is 0 Å². The predicted molar refractivity (Wildman–Crippen MR) is 52.9 cm³/mol. The SMILES string of the molecule is CCN(C(C)CC(N)=NO)C1CC1. The standard InChI is InChI=1S/C9H19N3O/c1-3-12(8-4-5-8)7(2)6-9(10)11-13/h7-8,13H,3-6H2,1-2H3,(H2,10,11). The third-order valence-electron chi connectivity index (χ3n) is 2.58. The summed E-state index contributed by atoms with van der Waals surface area (Å²) in [5, 5.41) is 11.4. The molecule has 0 spiro atoms. The van der Waals surface area contributed by atoms with Crippen LogP contribution in [0.4, 0.5) is 0 Å². The highest BCUT2D eigenvalue weighted by atomic mass is 16.4. The van der Waals surface area contributed by atoms with E-state index in [-0.39, 0.29) is 0 Å². The third kappa shape index (κ3) is 2.88. The van der Waals surface area contributed by atoms with Gasteiger partial charge in [-0.1, -0.05) is 12.1 Å². The summed E-state index contributed by atoms with van der Waals surface area (Å²) in [6, 6.07) is 1.12. The van der Waals surface area contributed by atoms with E-state index in [1.54, 1.807) is 0 Å². The number of hydrogen-bond acceptors (Lipinski definition) is 3. The number of nitrogens with two attached hydrogens (primary N) is 1. The van der Waals surface area contributed by atoms with Crippen molar-refractivity contribution >= 4 is 5.84 Å². The maximum absolute atomic E-state index is 8.44. The van der Waals surface area contributed by atoms with Gasteiger partial charge in [-0.05, 0) is 26.3 Å². The lowest BCUT2D eigenvalue weighted by molar-refractivity contribution is 0.212. The van der Waals surface area contributed by atoms with Crippen LogP contribution in [-0.2, 0) is 0 Å². The lowest BCUT2D eigenvalue weighted by atomic mass is 10.2. The summed E-state index contributed by atoms with van der Waals surface area (Å²) < 4.78 is 0. The number of hydrogen-bond donors (Lipinski definition) is 2. The van der Waals surface area contributed by atoms with Crippen LogP contribution in [0.25, 0.3) is 0 Å². The molecule has 0 saturated heterocycles. The van der Waals surface area contributed by atoms with Crippen LogP contribution in [0.5, 0.6) is 0 Å². The zero-order valence-electron chi connectivity index (χ0n) is 8.40. The van der Waals surface area contributed by atoms with E-state index in [4.69, 9.17) is 10.9 Å². The first-order valence-electron chi connectivity index (χ1n) is 4.91. The summed E-state index contributed by atoms with van der Waals surface area (Å²) in [7, 11) is 0. The van der Waals surface area contributed by atoms with Gasteiger partial charge in [0.1, 0.15) is 5.84 Å². The highest BCUT2D eigenvalue weighted by molar-refractivity contribution is 5.80. The van der Waals surface area contributed by atoms with Crippen molar-refractivity contribution in [1.82, 2.24) is 4.90 Å². The minimum Gasteiger partial charge on any atom is -0.409 e. The summed E-state index contributed by atoms with van der Waals surface area (Å²) in [4.78, 5) is 2.41. The fourth-order valence-electron chi connectivity index (χ4n) is 1.80. The third-order valence-corrected chi connectivity index (χ3v) is 2.58. The Morgan fingerprint density at radius 1 is 1.69 bits per heavy atom. The molecule has 0 aromatic heterocycles. The maximum atomic E-state index is 8.44.